The Balaban J connectivity index is 1.26. The number of fused-ring (bicyclic) bond motifs is 2. The zero-order valence-electron chi connectivity index (χ0n) is 30.7. The number of nitrogens with two attached hydrogens (primary N) is 1. The fourth-order valence-corrected chi connectivity index (χ4v) is 9.34. The Morgan fingerprint density at radius 2 is 1.92 bits per heavy atom. The maximum atomic E-state index is 14.2. The number of carbonyl (C=O) groups is 2. The van der Waals surface area contributed by atoms with E-state index in [1.165, 1.54) is 6.42 Å². The Labute approximate surface area is 292 Å². The molecule has 0 aromatic heterocycles. The highest BCUT2D eigenvalue weighted by Gasteiger charge is 2.57. The minimum atomic E-state index is -0.777. The zero-order chi connectivity index (χ0) is 35.4. The van der Waals surface area contributed by atoms with Crippen molar-refractivity contribution in [3.05, 3.63) is 53.1 Å². The van der Waals surface area contributed by atoms with Crippen molar-refractivity contribution >= 4 is 17.5 Å². The van der Waals surface area contributed by atoms with Gasteiger partial charge in [0.05, 0.1) is 18.8 Å². The Bertz CT molecular complexity index is 1540. The lowest BCUT2D eigenvalue weighted by atomic mass is 9.45. The lowest BCUT2D eigenvalue weighted by molar-refractivity contribution is -0.175. The number of nitrogens with one attached hydrogen (secondary N) is 2. The van der Waals surface area contributed by atoms with Gasteiger partial charge in [0, 0.05) is 56.4 Å². The SMILES string of the molecule is Cc1c(CN2O[C@@H](CN)[C@@H]([C@H](C)O)[C@H]2C(=O)N[C@H]2C[C@H]3C[C@@H]([C@@H]2C)C3(C)C)cccc1-c1cc(C(=O)N[C@@H]2CCN(C)C2)cc(N(C)C)c1. The second kappa shape index (κ2) is 13.9. The second-order valence-electron chi connectivity index (χ2n) is 16.3. The molecule has 0 unspecified atom stereocenters. The van der Waals surface area contributed by atoms with Gasteiger partial charge < -0.3 is 31.3 Å². The highest BCUT2D eigenvalue weighted by molar-refractivity contribution is 5.97. The van der Waals surface area contributed by atoms with Gasteiger partial charge in [0.25, 0.3) is 5.91 Å². The van der Waals surface area contributed by atoms with Crippen molar-refractivity contribution < 1.29 is 19.5 Å². The quantitative estimate of drug-likeness (QED) is 0.301. The summed E-state index contributed by atoms with van der Waals surface area (Å²) < 4.78 is 0. The van der Waals surface area contributed by atoms with Crippen molar-refractivity contribution in [1.29, 1.82) is 0 Å². The molecule has 10 heteroatoms. The minimum Gasteiger partial charge on any atom is -0.393 e. The predicted molar refractivity (Wildman–Crippen MR) is 194 cm³/mol. The Hall–Kier alpha value is -3.02. The molecule has 10 nitrogen and oxygen atoms in total. The fraction of sp³-hybridized carbons (Fsp3) is 0.641. The molecule has 2 saturated heterocycles. The van der Waals surface area contributed by atoms with Gasteiger partial charge in [-0.3, -0.25) is 14.4 Å². The van der Waals surface area contributed by atoms with Crippen molar-refractivity contribution in [2.24, 2.45) is 34.8 Å². The number of hydroxylamine groups is 2. The molecule has 0 spiro atoms. The van der Waals surface area contributed by atoms with Crippen LogP contribution in [0.3, 0.4) is 0 Å². The summed E-state index contributed by atoms with van der Waals surface area (Å²) in [4.78, 5) is 38.3. The summed E-state index contributed by atoms with van der Waals surface area (Å²) in [5.74, 6) is 0.975. The van der Waals surface area contributed by atoms with Crippen LogP contribution in [0.25, 0.3) is 11.1 Å². The van der Waals surface area contributed by atoms with Gasteiger partial charge in [-0.2, -0.15) is 5.06 Å². The van der Waals surface area contributed by atoms with Crippen LogP contribution in [0, 0.1) is 36.0 Å². The number of carbonyl (C=O) groups excluding carboxylic acids is 2. The molecule has 3 aliphatic carbocycles. The van der Waals surface area contributed by atoms with Crippen molar-refractivity contribution in [3.63, 3.8) is 0 Å². The smallest absolute Gasteiger partial charge is 0.251 e. The summed E-state index contributed by atoms with van der Waals surface area (Å²) in [5, 5.41) is 19.3. The van der Waals surface area contributed by atoms with Crippen LogP contribution in [-0.2, 0) is 16.2 Å². The third-order valence-corrected chi connectivity index (χ3v) is 12.6. The monoisotopic (exact) mass is 674 g/mol. The number of likely N-dealkylation sites (N-methyl/N-ethyl adjacent to an activating group) is 1. The van der Waals surface area contributed by atoms with Crippen LogP contribution in [0.5, 0.6) is 0 Å². The molecule has 5 aliphatic rings. The zero-order valence-corrected chi connectivity index (χ0v) is 30.7. The molecule has 2 bridgehead atoms. The molecule has 2 aromatic rings. The van der Waals surface area contributed by atoms with Gasteiger partial charge in [0.1, 0.15) is 6.04 Å². The number of nitrogens with zero attached hydrogens (tertiary/aromatic N) is 3. The number of rotatable bonds is 10. The van der Waals surface area contributed by atoms with E-state index >= 15 is 0 Å². The van der Waals surface area contributed by atoms with E-state index in [1.54, 1.807) is 12.0 Å². The van der Waals surface area contributed by atoms with Crippen molar-refractivity contribution in [2.75, 3.05) is 45.7 Å². The fourth-order valence-electron chi connectivity index (χ4n) is 9.34. The van der Waals surface area contributed by atoms with E-state index in [1.807, 2.05) is 37.2 Å². The average Bonchev–Trinajstić information content (AvgIpc) is 3.64. The largest absolute Gasteiger partial charge is 0.393 e. The summed E-state index contributed by atoms with van der Waals surface area (Å²) in [6, 6.07) is 11.7. The predicted octanol–water partition coefficient (Wildman–Crippen LogP) is 3.79. The Morgan fingerprint density at radius 3 is 2.53 bits per heavy atom. The number of aliphatic hydroxyl groups excluding tert-OH is 1. The lowest BCUT2D eigenvalue weighted by Crippen LogP contribution is -2.62. The van der Waals surface area contributed by atoms with Crippen LogP contribution in [0.2, 0.25) is 0 Å². The maximum Gasteiger partial charge on any atom is 0.251 e. The number of anilines is 1. The number of amides is 2. The molecule has 2 amide bonds. The van der Waals surface area contributed by atoms with E-state index < -0.39 is 24.2 Å². The van der Waals surface area contributed by atoms with E-state index in [-0.39, 0.29) is 30.4 Å². The van der Waals surface area contributed by atoms with Crippen molar-refractivity contribution in [2.45, 2.75) is 90.8 Å². The Kier molecular flexibility index (Phi) is 10.2. The van der Waals surface area contributed by atoms with Crippen LogP contribution in [0.15, 0.2) is 36.4 Å². The summed E-state index contributed by atoms with van der Waals surface area (Å²) in [6.45, 7) is 13.2. The third kappa shape index (κ3) is 6.87. The second-order valence-corrected chi connectivity index (χ2v) is 16.3. The molecule has 5 fully saturated rings. The van der Waals surface area contributed by atoms with E-state index in [2.05, 4.69) is 68.5 Å². The van der Waals surface area contributed by atoms with Crippen molar-refractivity contribution in [3.8, 4) is 11.1 Å². The normalized spacial score (nSPS) is 31.6. The summed E-state index contributed by atoms with van der Waals surface area (Å²) in [5.41, 5.74) is 12.1. The summed E-state index contributed by atoms with van der Waals surface area (Å²) in [6.07, 6.45) is 1.91. The molecule has 2 aliphatic heterocycles. The number of hydrogen-bond acceptors (Lipinski definition) is 8. The Morgan fingerprint density at radius 1 is 1.16 bits per heavy atom. The van der Waals surface area contributed by atoms with E-state index in [9.17, 15) is 14.7 Å². The standard InChI is InChI=1S/C39H58N6O4/c1-22-25(10-9-11-31(22)26-14-27(16-30(15-26)43(6)7)37(47)41-29-12-13-44(8)21-29)20-45-36(35(24(3)46)34(19-40)49-45)38(48)42-33-18-28-17-32(23(33)2)39(28,4)5/h9-11,14-16,23-24,28-29,32-36,46H,12-13,17-21,40H2,1-8H3,(H,41,47)(H,42,48)/t23-,24-,28+,29+,32-,33-,34-,35+,36-/m0/s1. The number of aliphatic hydroxyl groups is 1. The van der Waals surface area contributed by atoms with Crippen LogP contribution < -0.4 is 21.3 Å². The van der Waals surface area contributed by atoms with E-state index in [4.69, 9.17) is 10.6 Å². The molecule has 0 radical (unpaired) electrons. The van der Waals surface area contributed by atoms with E-state index in [0.717, 1.165) is 53.9 Å². The lowest BCUT2D eigenvalue weighted by Gasteiger charge is -2.62. The first-order valence-corrected chi connectivity index (χ1v) is 18.2. The summed E-state index contributed by atoms with van der Waals surface area (Å²) >= 11 is 0. The molecule has 2 heterocycles. The minimum absolute atomic E-state index is 0.0662. The molecule has 7 rings (SSSR count). The van der Waals surface area contributed by atoms with Gasteiger partial charge in [0.2, 0.25) is 5.91 Å². The van der Waals surface area contributed by atoms with Crippen LogP contribution in [0.4, 0.5) is 5.69 Å². The summed E-state index contributed by atoms with van der Waals surface area (Å²) in [7, 11) is 6.04. The van der Waals surface area contributed by atoms with Gasteiger partial charge in [-0.15, -0.1) is 0 Å². The topological polar surface area (TPSA) is 123 Å². The number of hydrogen-bond donors (Lipinski definition) is 4. The highest BCUT2D eigenvalue weighted by Crippen LogP contribution is 2.61. The first-order chi connectivity index (χ1) is 23.2. The highest BCUT2D eigenvalue weighted by atomic mass is 16.7. The molecule has 9 atom stereocenters. The molecule has 49 heavy (non-hydrogen) atoms. The van der Waals surface area contributed by atoms with Gasteiger partial charge >= 0.3 is 0 Å². The number of likely N-dealkylation sites (tertiary alicyclic amines) is 1. The molecular formula is C39H58N6O4. The van der Waals surface area contributed by atoms with Gasteiger partial charge in [0.15, 0.2) is 0 Å². The molecular weight excluding hydrogens is 616 g/mol. The first-order valence-electron chi connectivity index (χ1n) is 18.2. The molecule has 268 valence electrons. The van der Waals surface area contributed by atoms with Crippen molar-refractivity contribution in [1.82, 2.24) is 20.6 Å². The first kappa shape index (κ1) is 35.8. The molecule has 5 N–H and O–H groups in total. The average molecular weight is 675 g/mol. The van der Waals surface area contributed by atoms with Gasteiger partial charge in [-0.1, -0.05) is 39.0 Å². The van der Waals surface area contributed by atoms with Crippen LogP contribution in [-0.4, -0.2) is 98.0 Å². The maximum absolute atomic E-state index is 14.2. The van der Waals surface area contributed by atoms with Crippen LogP contribution in [0.1, 0.15) is 68.4 Å². The van der Waals surface area contributed by atoms with Gasteiger partial charge in [-0.05, 0) is 110 Å². The number of benzene rings is 2. The van der Waals surface area contributed by atoms with E-state index in [0.29, 0.717) is 35.3 Å². The van der Waals surface area contributed by atoms with Gasteiger partial charge in [-0.25, -0.2) is 0 Å². The molecule has 3 saturated carbocycles. The molecule has 2 aromatic carbocycles. The third-order valence-electron chi connectivity index (χ3n) is 12.6. The van der Waals surface area contributed by atoms with Crippen LogP contribution >= 0.6 is 0 Å².